The Hall–Kier alpha value is -0.670. The van der Waals surface area contributed by atoms with Crippen LogP contribution in [-0.4, -0.2) is 18.5 Å². The van der Waals surface area contributed by atoms with Crippen LogP contribution in [0.5, 0.6) is 0 Å². The van der Waals surface area contributed by atoms with Gasteiger partial charge < -0.3 is 4.74 Å². The summed E-state index contributed by atoms with van der Waals surface area (Å²) in [5.41, 5.74) is 0.837. The number of ketones is 1. The van der Waals surface area contributed by atoms with Crippen molar-refractivity contribution in [2.75, 3.05) is 7.11 Å². The minimum atomic E-state index is -0.578. The van der Waals surface area contributed by atoms with Crippen molar-refractivity contribution in [1.29, 1.82) is 0 Å². The van der Waals surface area contributed by atoms with Crippen molar-refractivity contribution >= 4 is 17.1 Å². The smallest absolute Gasteiger partial charge is 0.204 e. The van der Waals surface area contributed by atoms with E-state index in [9.17, 15) is 4.79 Å². The van der Waals surface area contributed by atoms with E-state index in [2.05, 4.69) is 13.8 Å². The van der Waals surface area contributed by atoms with Gasteiger partial charge >= 0.3 is 0 Å². The third kappa shape index (κ3) is 2.39. The Morgan fingerprint density at radius 2 is 1.89 bits per heavy atom. The highest BCUT2D eigenvalue weighted by atomic mass is 32.1. The second-order valence-corrected chi connectivity index (χ2v) is 7.04. The van der Waals surface area contributed by atoms with Crippen LogP contribution < -0.4 is 0 Å². The van der Waals surface area contributed by atoms with Crippen molar-refractivity contribution in [3.8, 4) is 0 Å². The zero-order chi connectivity index (χ0) is 13.4. The molecule has 1 aromatic heterocycles. The number of hydrogen-bond donors (Lipinski definition) is 0. The topological polar surface area (TPSA) is 26.3 Å². The molecular formula is C15H22O2S. The average molecular weight is 266 g/mol. The van der Waals surface area contributed by atoms with E-state index >= 15 is 0 Å². The fraction of sp³-hybridized carbons (Fsp3) is 0.667. The maximum Gasteiger partial charge on any atom is 0.204 e. The number of hydrogen-bond acceptors (Lipinski definition) is 3. The van der Waals surface area contributed by atoms with Crippen LogP contribution in [0.2, 0.25) is 0 Å². The minimum absolute atomic E-state index is 0.188. The van der Waals surface area contributed by atoms with Gasteiger partial charge in [0.1, 0.15) is 5.60 Å². The zero-order valence-electron chi connectivity index (χ0n) is 11.7. The summed E-state index contributed by atoms with van der Waals surface area (Å²) in [4.78, 5) is 13.6. The normalized spacial score (nSPS) is 21.8. The molecule has 0 atom stereocenters. The van der Waals surface area contributed by atoms with Crippen LogP contribution in [0, 0.1) is 12.3 Å². The molecule has 0 radical (unpaired) electrons. The molecule has 2 nitrogen and oxygen atoms in total. The lowest BCUT2D eigenvalue weighted by atomic mass is 9.69. The number of carbonyl (C=O) groups is 1. The quantitative estimate of drug-likeness (QED) is 0.765. The first kappa shape index (κ1) is 13.8. The predicted octanol–water partition coefficient (Wildman–Crippen LogP) is 4.22. The molecule has 1 saturated carbocycles. The maximum atomic E-state index is 12.7. The van der Waals surface area contributed by atoms with Gasteiger partial charge in [-0.3, -0.25) is 4.79 Å². The van der Waals surface area contributed by atoms with Crippen LogP contribution >= 0.6 is 11.3 Å². The second-order valence-electron chi connectivity index (χ2n) is 6.12. The third-order valence-electron chi connectivity index (χ3n) is 4.28. The van der Waals surface area contributed by atoms with Crippen LogP contribution in [-0.2, 0) is 4.74 Å². The van der Waals surface area contributed by atoms with Crippen LogP contribution in [0.4, 0.5) is 0 Å². The largest absolute Gasteiger partial charge is 0.370 e. The van der Waals surface area contributed by atoms with Crippen LogP contribution in [0.3, 0.4) is 0 Å². The van der Waals surface area contributed by atoms with Gasteiger partial charge in [0, 0.05) is 7.11 Å². The molecule has 0 saturated heterocycles. The molecule has 0 bridgehead atoms. The summed E-state index contributed by atoms with van der Waals surface area (Å²) >= 11 is 1.54. The lowest BCUT2D eigenvalue weighted by molar-refractivity contribution is -0.0380. The van der Waals surface area contributed by atoms with E-state index in [-0.39, 0.29) is 5.78 Å². The van der Waals surface area contributed by atoms with Gasteiger partial charge in [-0.2, -0.15) is 0 Å². The lowest BCUT2D eigenvalue weighted by Gasteiger charge is -2.41. The van der Waals surface area contributed by atoms with Gasteiger partial charge in [-0.05, 0) is 55.0 Å². The van der Waals surface area contributed by atoms with E-state index < -0.39 is 5.60 Å². The summed E-state index contributed by atoms with van der Waals surface area (Å²) < 4.78 is 5.67. The molecule has 2 rings (SSSR count). The molecule has 0 aliphatic heterocycles. The fourth-order valence-corrected chi connectivity index (χ4v) is 3.62. The first-order valence-electron chi connectivity index (χ1n) is 6.54. The second kappa shape index (κ2) is 4.78. The molecule has 18 heavy (non-hydrogen) atoms. The van der Waals surface area contributed by atoms with E-state index in [1.165, 1.54) is 11.3 Å². The van der Waals surface area contributed by atoms with Gasteiger partial charge in [0.25, 0.3) is 0 Å². The molecule has 0 unspecified atom stereocenters. The maximum absolute atomic E-state index is 12.7. The predicted molar refractivity (Wildman–Crippen MR) is 75.4 cm³/mol. The summed E-state index contributed by atoms with van der Waals surface area (Å²) in [6.45, 7) is 6.54. The Labute approximate surface area is 113 Å². The summed E-state index contributed by atoms with van der Waals surface area (Å²) in [5.74, 6) is 0.188. The molecular weight excluding hydrogens is 244 g/mol. The standard InChI is InChI=1S/C15H22O2S/c1-11-5-10-18-12(11)13(16)15(17-4)8-6-14(2,3)7-9-15/h5,10H,6-9H2,1-4H3. The number of Topliss-reactive ketones (excluding diaryl/α,β-unsaturated/α-hetero) is 1. The van der Waals surface area contributed by atoms with Gasteiger partial charge in [0.05, 0.1) is 4.88 Å². The molecule has 0 aromatic carbocycles. The minimum Gasteiger partial charge on any atom is -0.370 e. The third-order valence-corrected chi connectivity index (χ3v) is 5.30. The molecule has 1 aliphatic carbocycles. The Bertz CT molecular complexity index is 435. The van der Waals surface area contributed by atoms with Gasteiger partial charge in [0.15, 0.2) is 0 Å². The Balaban J connectivity index is 2.24. The van der Waals surface area contributed by atoms with E-state index in [0.29, 0.717) is 5.41 Å². The van der Waals surface area contributed by atoms with Gasteiger partial charge in [0.2, 0.25) is 5.78 Å². The zero-order valence-corrected chi connectivity index (χ0v) is 12.5. The number of carbonyl (C=O) groups excluding carboxylic acids is 1. The number of rotatable bonds is 3. The summed E-state index contributed by atoms with van der Waals surface area (Å²) in [6.07, 6.45) is 3.79. The van der Waals surface area contributed by atoms with Crippen molar-refractivity contribution in [2.24, 2.45) is 5.41 Å². The number of ether oxygens (including phenoxy) is 1. The number of thiophene rings is 1. The van der Waals surface area contributed by atoms with Crippen LogP contribution in [0.15, 0.2) is 11.4 Å². The molecule has 100 valence electrons. The van der Waals surface area contributed by atoms with Gasteiger partial charge in [-0.25, -0.2) is 0 Å². The molecule has 1 heterocycles. The molecule has 0 N–H and O–H groups in total. The highest BCUT2D eigenvalue weighted by Crippen LogP contribution is 2.43. The van der Waals surface area contributed by atoms with Crippen molar-refractivity contribution in [1.82, 2.24) is 0 Å². The molecule has 1 aliphatic rings. The van der Waals surface area contributed by atoms with Crippen LogP contribution in [0.1, 0.15) is 54.8 Å². The highest BCUT2D eigenvalue weighted by molar-refractivity contribution is 7.12. The Morgan fingerprint density at radius 3 is 2.33 bits per heavy atom. The van der Waals surface area contributed by atoms with E-state index in [1.807, 2.05) is 18.4 Å². The van der Waals surface area contributed by atoms with Gasteiger partial charge in [-0.15, -0.1) is 11.3 Å². The SMILES string of the molecule is COC1(C(=O)c2sccc2C)CCC(C)(C)CC1. The van der Waals surface area contributed by atoms with E-state index in [4.69, 9.17) is 4.74 Å². The summed E-state index contributed by atoms with van der Waals surface area (Å²) in [6, 6.07) is 2.01. The van der Waals surface area contributed by atoms with E-state index in [0.717, 1.165) is 36.1 Å². The number of methoxy groups -OCH3 is 1. The van der Waals surface area contributed by atoms with E-state index in [1.54, 1.807) is 7.11 Å². The Morgan fingerprint density at radius 1 is 1.28 bits per heavy atom. The first-order chi connectivity index (χ1) is 8.40. The van der Waals surface area contributed by atoms with Crippen molar-refractivity contribution in [2.45, 2.75) is 52.1 Å². The lowest BCUT2D eigenvalue weighted by Crippen LogP contribution is -2.45. The van der Waals surface area contributed by atoms with Crippen molar-refractivity contribution in [3.63, 3.8) is 0 Å². The van der Waals surface area contributed by atoms with Gasteiger partial charge in [-0.1, -0.05) is 13.8 Å². The molecule has 0 amide bonds. The average Bonchev–Trinajstić information content (AvgIpc) is 2.75. The molecule has 1 fully saturated rings. The Kier molecular flexibility index (Phi) is 3.65. The first-order valence-corrected chi connectivity index (χ1v) is 7.42. The number of aryl methyl sites for hydroxylation is 1. The monoisotopic (exact) mass is 266 g/mol. The van der Waals surface area contributed by atoms with Crippen LogP contribution in [0.25, 0.3) is 0 Å². The molecule has 0 spiro atoms. The molecule has 3 heteroatoms. The van der Waals surface area contributed by atoms with Crippen molar-refractivity contribution < 1.29 is 9.53 Å². The fourth-order valence-electron chi connectivity index (χ4n) is 2.67. The van der Waals surface area contributed by atoms with Crippen molar-refractivity contribution in [3.05, 3.63) is 21.9 Å². The highest BCUT2D eigenvalue weighted by Gasteiger charge is 2.45. The molecule has 1 aromatic rings. The summed E-state index contributed by atoms with van der Waals surface area (Å²) in [7, 11) is 1.68. The summed E-state index contributed by atoms with van der Waals surface area (Å²) in [5, 5.41) is 1.98.